The predicted molar refractivity (Wildman–Crippen MR) is 98.4 cm³/mol. The number of hydrogen-bond acceptors (Lipinski definition) is 5. The van der Waals surface area contributed by atoms with Crippen LogP contribution in [0.2, 0.25) is 0 Å². The van der Waals surface area contributed by atoms with Crippen LogP contribution in [0.5, 0.6) is 0 Å². The second kappa shape index (κ2) is 6.72. The van der Waals surface area contributed by atoms with Crippen LogP contribution in [0, 0.1) is 6.92 Å². The van der Waals surface area contributed by atoms with Gasteiger partial charge in [0.15, 0.2) is 0 Å². The van der Waals surface area contributed by atoms with Gasteiger partial charge in [0.1, 0.15) is 6.54 Å². The lowest BCUT2D eigenvalue weighted by Gasteiger charge is -2.07. The molecule has 2 aromatic heterocycles. The van der Waals surface area contributed by atoms with E-state index in [2.05, 4.69) is 25.7 Å². The van der Waals surface area contributed by atoms with Crippen LogP contribution in [0.1, 0.15) is 5.56 Å². The molecule has 2 aromatic carbocycles. The summed E-state index contributed by atoms with van der Waals surface area (Å²) in [5.41, 5.74) is 3.55. The van der Waals surface area contributed by atoms with E-state index in [0.717, 1.165) is 22.0 Å². The maximum Gasteiger partial charge on any atom is 0.248 e. The third kappa shape index (κ3) is 3.27. The number of carbonyl (C=O) groups excluding carboxylic acids is 1. The van der Waals surface area contributed by atoms with Crippen molar-refractivity contribution in [2.45, 2.75) is 13.5 Å². The molecule has 0 unspecified atom stereocenters. The van der Waals surface area contributed by atoms with Crippen LogP contribution in [0.15, 0.2) is 60.8 Å². The molecule has 0 aliphatic rings. The molecule has 4 rings (SSSR count). The molecule has 0 atom stereocenters. The summed E-state index contributed by atoms with van der Waals surface area (Å²) in [6.07, 6.45) is 1.72. The lowest BCUT2D eigenvalue weighted by Crippen LogP contribution is -2.20. The van der Waals surface area contributed by atoms with Crippen LogP contribution in [0.3, 0.4) is 0 Å². The Hall–Kier alpha value is -3.61. The molecule has 0 saturated carbocycles. The van der Waals surface area contributed by atoms with Gasteiger partial charge in [-0.3, -0.25) is 9.78 Å². The highest BCUT2D eigenvalue weighted by Crippen LogP contribution is 2.21. The number of hydrogen-bond donors (Lipinski definition) is 1. The highest BCUT2D eigenvalue weighted by atomic mass is 16.2. The van der Waals surface area contributed by atoms with E-state index in [1.54, 1.807) is 6.20 Å². The van der Waals surface area contributed by atoms with Crippen molar-refractivity contribution in [2.75, 3.05) is 5.32 Å². The summed E-state index contributed by atoms with van der Waals surface area (Å²) in [5.74, 6) is 0.265. The molecule has 26 heavy (non-hydrogen) atoms. The van der Waals surface area contributed by atoms with Crippen molar-refractivity contribution in [1.29, 1.82) is 0 Å². The van der Waals surface area contributed by atoms with Gasteiger partial charge in [-0.2, -0.15) is 4.80 Å². The predicted octanol–water partition coefficient (Wildman–Crippen LogP) is 2.84. The van der Waals surface area contributed by atoms with Crippen LogP contribution in [0.4, 0.5) is 5.69 Å². The molecule has 2 heterocycles. The zero-order valence-corrected chi connectivity index (χ0v) is 14.1. The van der Waals surface area contributed by atoms with Crippen LogP contribution >= 0.6 is 0 Å². The van der Waals surface area contributed by atoms with Gasteiger partial charge in [-0.25, -0.2) is 0 Å². The van der Waals surface area contributed by atoms with Gasteiger partial charge in [-0.05, 0) is 36.4 Å². The van der Waals surface area contributed by atoms with E-state index in [4.69, 9.17) is 0 Å². The monoisotopic (exact) mass is 344 g/mol. The third-order valence-electron chi connectivity index (χ3n) is 3.97. The Morgan fingerprint density at radius 1 is 1.08 bits per heavy atom. The summed E-state index contributed by atoms with van der Waals surface area (Å²) >= 11 is 0. The molecular formula is C19H16N6O. The molecule has 1 N–H and O–H groups in total. The number of tetrazole rings is 1. The summed E-state index contributed by atoms with van der Waals surface area (Å²) in [5, 5.41) is 16.0. The number of aromatic nitrogens is 5. The number of amides is 1. The molecule has 7 nitrogen and oxygen atoms in total. The molecule has 7 heteroatoms. The summed E-state index contributed by atoms with van der Waals surface area (Å²) in [7, 11) is 0. The highest BCUT2D eigenvalue weighted by Gasteiger charge is 2.11. The van der Waals surface area contributed by atoms with Gasteiger partial charge < -0.3 is 5.32 Å². The van der Waals surface area contributed by atoms with Crippen LogP contribution in [-0.4, -0.2) is 31.1 Å². The Labute approximate surface area is 149 Å². The summed E-state index contributed by atoms with van der Waals surface area (Å²) in [6.45, 7) is 2.00. The first-order valence-corrected chi connectivity index (χ1v) is 8.17. The Morgan fingerprint density at radius 2 is 1.92 bits per heavy atom. The number of pyridine rings is 1. The zero-order valence-electron chi connectivity index (χ0n) is 14.1. The minimum Gasteiger partial charge on any atom is -0.324 e. The SMILES string of the molecule is Cc1ccc(-c2nnn(CC(=O)Nc3cccc4ncccc34)n2)cc1. The van der Waals surface area contributed by atoms with E-state index < -0.39 is 0 Å². The van der Waals surface area contributed by atoms with E-state index in [0.29, 0.717) is 11.5 Å². The van der Waals surface area contributed by atoms with Crippen LogP contribution in [0.25, 0.3) is 22.3 Å². The van der Waals surface area contributed by atoms with Crippen molar-refractivity contribution in [3.05, 3.63) is 66.4 Å². The molecule has 128 valence electrons. The van der Waals surface area contributed by atoms with Crippen molar-refractivity contribution >= 4 is 22.5 Å². The van der Waals surface area contributed by atoms with Crippen molar-refractivity contribution in [2.24, 2.45) is 0 Å². The van der Waals surface area contributed by atoms with Gasteiger partial charge in [-0.1, -0.05) is 35.9 Å². The minimum absolute atomic E-state index is 0.0183. The van der Waals surface area contributed by atoms with E-state index in [1.165, 1.54) is 4.80 Å². The average molecular weight is 344 g/mol. The Kier molecular flexibility index (Phi) is 4.10. The Morgan fingerprint density at radius 3 is 2.77 bits per heavy atom. The lowest BCUT2D eigenvalue weighted by molar-refractivity contribution is -0.117. The van der Waals surface area contributed by atoms with Crippen molar-refractivity contribution in [3.8, 4) is 11.4 Å². The van der Waals surface area contributed by atoms with Gasteiger partial charge in [0.25, 0.3) is 0 Å². The lowest BCUT2D eigenvalue weighted by atomic mass is 10.1. The number of anilines is 1. The fourth-order valence-corrected chi connectivity index (χ4v) is 2.66. The first-order chi connectivity index (χ1) is 12.7. The van der Waals surface area contributed by atoms with E-state index in [9.17, 15) is 4.79 Å². The third-order valence-corrected chi connectivity index (χ3v) is 3.97. The molecule has 1 amide bonds. The molecule has 0 fully saturated rings. The van der Waals surface area contributed by atoms with Crippen LogP contribution in [-0.2, 0) is 11.3 Å². The minimum atomic E-state index is -0.228. The van der Waals surface area contributed by atoms with Crippen molar-refractivity contribution < 1.29 is 4.79 Å². The first-order valence-electron chi connectivity index (χ1n) is 8.17. The fraction of sp³-hybridized carbons (Fsp3) is 0.105. The fourth-order valence-electron chi connectivity index (χ4n) is 2.66. The van der Waals surface area contributed by atoms with Gasteiger partial charge in [0.05, 0.1) is 11.2 Å². The van der Waals surface area contributed by atoms with E-state index >= 15 is 0 Å². The topological polar surface area (TPSA) is 85.6 Å². The second-order valence-electron chi connectivity index (χ2n) is 5.93. The smallest absolute Gasteiger partial charge is 0.248 e. The van der Waals surface area contributed by atoms with Gasteiger partial charge in [0, 0.05) is 17.1 Å². The summed E-state index contributed by atoms with van der Waals surface area (Å²) in [6, 6.07) is 17.2. The Bertz CT molecular complexity index is 1070. The number of rotatable bonds is 4. The van der Waals surface area contributed by atoms with Gasteiger partial charge in [-0.15, -0.1) is 10.2 Å². The number of nitrogens with zero attached hydrogens (tertiary/aromatic N) is 5. The first kappa shape index (κ1) is 15.9. The molecular weight excluding hydrogens is 328 g/mol. The summed E-state index contributed by atoms with van der Waals surface area (Å²) in [4.78, 5) is 17.9. The standard InChI is InChI=1S/C19H16N6O/c1-13-7-9-14(10-8-13)19-22-24-25(23-19)12-18(26)21-17-6-2-5-16-15(17)4-3-11-20-16/h2-11H,12H2,1H3,(H,21,26). The summed E-state index contributed by atoms with van der Waals surface area (Å²) < 4.78 is 0. The highest BCUT2D eigenvalue weighted by molar-refractivity contribution is 6.00. The quantitative estimate of drug-likeness (QED) is 0.615. The largest absolute Gasteiger partial charge is 0.324 e. The van der Waals surface area contributed by atoms with E-state index in [1.807, 2.05) is 61.5 Å². The normalized spacial score (nSPS) is 10.8. The molecule has 0 radical (unpaired) electrons. The zero-order chi connectivity index (χ0) is 17.9. The van der Waals surface area contributed by atoms with Crippen LogP contribution < -0.4 is 5.32 Å². The molecule has 0 saturated heterocycles. The molecule has 0 bridgehead atoms. The molecule has 0 spiro atoms. The Balaban J connectivity index is 1.49. The van der Waals surface area contributed by atoms with Crippen molar-refractivity contribution in [1.82, 2.24) is 25.2 Å². The van der Waals surface area contributed by atoms with Gasteiger partial charge in [0.2, 0.25) is 11.7 Å². The molecule has 0 aliphatic carbocycles. The van der Waals surface area contributed by atoms with Gasteiger partial charge >= 0.3 is 0 Å². The van der Waals surface area contributed by atoms with Crippen molar-refractivity contribution in [3.63, 3.8) is 0 Å². The number of fused-ring (bicyclic) bond motifs is 1. The maximum absolute atomic E-state index is 12.4. The number of benzene rings is 2. The number of nitrogens with one attached hydrogen (secondary N) is 1. The maximum atomic E-state index is 12.4. The molecule has 4 aromatic rings. The van der Waals surface area contributed by atoms with E-state index in [-0.39, 0.29) is 12.5 Å². The second-order valence-corrected chi connectivity index (χ2v) is 5.93. The molecule has 0 aliphatic heterocycles. The number of carbonyl (C=O) groups is 1. The average Bonchev–Trinajstić information content (AvgIpc) is 3.11. The number of aryl methyl sites for hydroxylation is 1.